The molecule has 0 spiro atoms. The molecule has 8 nitrogen and oxygen atoms in total. The van der Waals surface area contributed by atoms with Crippen molar-refractivity contribution in [1.82, 2.24) is 9.88 Å². The largest absolute Gasteiger partial charge is 0.460 e. The Morgan fingerprint density at radius 3 is 2.40 bits per heavy atom. The number of amides is 2. The summed E-state index contributed by atoms with van der Waals surface area (Å²) in [5, 5.41) is 3.06. The van der Waals surface area contributed by atoms with Gasteiger partial charge in [-0.2, -0.15) is 0 Å². The standard InChI is InChI=1S/C36H38FN3O5/c1-22(41)38-26-15-13-25(14-16-26)34-33(37)28-19-23(12-17-29(28)39-34)20-31(42)30-11-8-18-40(30)35(44)27(24-9-6-5-7-10-24)21-32(43)45-36(2,3)4/h5-7,9-10,12-17,19,27,30,39H,8,11,18,20-21H2,1-4H3,(H,38,41)/t27-,30+/m1/s1. The van der Waals surface area contributed by atoms with E-state index in [0.29, 0.717) is 58.4 Å². The van der Waals surface area contributed by atoms with Gasteiger partial charge in [-0.3, -0.25) is 19.2 Å². The molecule has 2 amide bonds. The maximum atomic E-state index is 15.6. The number of likely N-dealkylation sites (tertiary alicyclic amines) is 1. The number of aromatic nitrogens is 1. The fraction of sp³-hybridized carbons (Fsp3) is 0.333. The highest BCUT2D eigenvalue weighted by atomic mass is 19.1. The maximum Gasteiger partial charge on any atom is 0.307 e. The SMILES string of the molecule is CC(=O)Nc1ccc(-c2[nH]c3ccc(CC(=O)[C@@H]4CCCN4C(=O)[C@H](CC(=O)OC(C)(C)C)c4ccccc4)cc3c2F)cc1. The van der Waals surface area contributed by atoms with Crippen LogP contribution in [0.5, 0.6) is 0 Å². The number of benzene rings is 3. The number of H-pyrrole nitrogens is 1. The summed E-state index contributed by atoms with van der Waals surface area (Å²) in [5.41, 5.74) is 2.79. The minimum absolute atomic E-state index is 0.0395. The number of fused-ring (bicyclic) bond motifs is 1. The normalized spacial score (nSPS) is 15.6. The van der Waals surface area contributed by atoms with Crippen LogP contribution in [0.2, 0.25) is 0 Å². The summed E-state index contributed by atoms with van der Waals surface area (Å²) >= 11 is 0. The average Bonchev–Trinajstić information content (AvgIpc) is 3.61. The Morgan fingerprint density at radius 2 is 1.73 bits per heavy atom. The van der Waals surface area contributed by atoms with E-state index in [1.165, 1.54) is 6.92 Å². The molecule has 9 heteroatoms. The predicted octanol–water partition coefficient (Wildman–Crippen LogP) is 6.55. The molecule has 3 aromatic carbocycles. The molecule has 4 aromatic rings. The second-order valence-electron chi connectivity index (χ2n) is 12.5. The molecular formula is C36H38FN3O5. The van der Waals surface area contributed by atoms with Gasteiger partial charge in [-0.25, -0.2) is 4.39 Å². The Labute approximate surface area is 262 Å². The smallest absolute Gasteiger partial charge is 0.307 e. The molecule has 0 saturated carbocycles. The van der Waals surface area contributed by atoms with Gasteiger partial charge in [-0.15, -0.1) is 0 Å². The van der Waals surface area contributed by atoms with E-state index in [-0.39, 0.29) is 30.4 Å². The van der Waals surface area contributed by atoms with Crippen LogP contribution in [0.25, 0.3) is 22.2 Å². The number of carbonyl (C=O) groups excluding carboxylic acids is 4. The Hall–Kier alpha value is -4.79. The minimum atomic E-state index is -0.773. The second-order valence-corrected chi connectivity index (χ2v) is 12.5. The Morgan fingerprint density at radius 1 is 1.02 bits per heavy atom. The molecule has 0 radical (unpaired) electrons. The van der Waals surface area contributed by atoms with E-state index < -0.39 is 29.3 Å². The van der Waals surface area contributed by atoms with Crippen molar-refractivity contribution in [3.8, 4) is 11.3 Å². The molecule has 0 bridgehead atoms. The molecule has 1 aliphatic heterocycles. The van der Waals surface area contributed by atoms with Crippen molar-refractivity contribution in [3.05, 3.63) is 89.7 Å². The number of ether oxygens (including phenoxy) is 1. The van der Waals surface area contributed by atoms with Crippen LogP contribution in [-0.4, -0.2) is 51.6 Å². The van der Waals surface area contributed by atoms with Gasteiger partial charge in [-0.1, -0.05) is 48.5 Å². The molecular weight excluding hydrogens is 573 g/mol. The van der Waals surface area contributed by atoms with E-state index in [9.17, 15) is 19.2 Å². The van der Waals surface area contributed by atoms with Crippen LogP contribution in [0.4, 0.5) is 10.1 Å². The fourth-order valence-corrected chi connectivity index (χ4v) is 5.91. The first-order chi connectivity index (χ1) is 21.4. The zero-order valence-electron chi connectivity index (χ0n) is 26.0. The molecule has 2 N–H and O–H groups in total. The highest BCUT2D eigenvalue weighted by Crippen LogP contribution is 2.32. The average molecular weight is 612 g/mol. The Balaban J connectivity index is 1.33. The molecule has 1 aromatic heterocycles. The molecule has 1 fully saturated rings. The monoisotopic (exact) mass is 611 g/mol. The number of halogens is 1. The molecule has 1 aliphatic rings. The van der Waals surface area contributed by atoms with Gasteiger partial charge in [0.25, 0.3) is 0 Å². The lowest BCUT2D eigenvalue weighted by Gasteiger charge is -2.29. The number of esters is 1. The molecule has 2 heterocycles. The summed E-state index contributed by atoms with van der Waals surface area (Å²) in [7, 11) is 0. The summed E-state index contributed by atoms with van der Waals surface area (Å²) in [5.74, 6) is -2.28. The zero-order valence-corrected chi connectivity index (χ0v) is 26.0. The van der Waals surface area contributed by atoms with Crippen LogP contribution < -0.4 is 5.32 Å². The number of nitrogens with zero attached hydrogens (tertiary/aromatic N) is 1. The van der Waals surface area contributed by atoms with Crippen LogP contribution in [0.1, 0.15) is 64.0 Å². The second kappa shape index (κ2) is 13.1. The summed E-state index contributed by atoms with van der Waals surface area (Å²) in [4.78, 5) is 56.4. The third-order valence-electron chi connectivity index (χ3n) is 7.87. The topological polar surface area (TPSA) is 109 Å². The predicted molar refractivity (Wildman–Crippen MR) is 171 cm³/mol. The lowest BCUT2D eigenvalue weighted by Crippen LogP contribution is -2.44. The number of rotatable bonds is 9. The Kier molecular flexibility index (Phi) is 9.18. The highest BCUT2D eigenvalue weighted by Gasteiger charge is 2.38. The van der Waals surface area contributed by atoms with Crippen LogP contribution in [0.15, 0.2) is 72.8 Å². The van der Waals surface area contributed by atoms with Gasteiger partial charge in [0.2, 0.25) is 11.8 Å². The third-order valence-corrected chi connectivity index (χ3v) is 7.87. The van der Waals surface area contributed by atoms with Crippen molar-refractivity contribution in [3.63, 3.8) is 0 Å². The number of hydrogen-bond acceptors (Lipinski definition) is 5. The number of ketones is 1. The number of anilines is 1. The molecule has 234 valence electrons. The van der Waals surface area contributed by atoms with Crippen molar-refractivity contribution in [2.24, 2.45) is 0 Å². The number of aromatic amines is 1. The van der Waals surface area contributed by atoms with Crippen molar-refractivity contribution in [2.45, 2.75) is 70.9 Å². The van der Waals surface area contributed by atoms with E-state index in [4.69, 9.17) is 4.74 Å². The van der Waals surface area contributed by atoms with Crippen LogP contribution in [0.3, 0.4) is 0 Å². The first kappa shape index (κ1) is 31.6. The summed E-state index contributed by atoms with van der Waals surface area (Å²) in [6, 6.07) is 20.5. The van der Waals surface area contributed by atoms with Gasteiger partial charge in [0, 0.05) is 42.0 Å². The minimum Gasteiger partial charge on any atom is -0.460 e. The van der Waals surface area contributed by atoms with E-state index >= 15 is 4.39 Å². The van der Waals surface area contributed by atoms with Gasteiger partial charge < -0.3 is 19.9 Å². The van der Waals surface area contributed by atoms with Crippen LogP contribution >= 0.6 is 0 Å². The van der Waals surface area contributed by atoms with Gasteiger partial charge in [0.15, 0.2) is 11.6 Å². The summed E-state index contributed by atoms with van der Waals surface area (Å²) in [6.45, 7) is 7.18. The van der Waals surface area contributed by atoms with E-state index in [1.807, 2.05) is 30.3 Å². The third kappa shape index (κ3) is 7.48. The summed E-state index contributed by atoms with van der Waals surface area (Å²) in [6.07, 6.45) is 1.11. The Bertz CT molecular complexity index is 1720. The molecule has 2 atom stereocenters. The number of carbonyl (C=O) groups is 4. The van der Waals surface area contributed by atoms with Crippen LogP contribution in [0, 0.1) is 5.82 Å². The number of hydrogen-bond donors (Lipinski definition) is 2. The van der Waals surface area contributed by atoms with Gasteiger partial charge >= 0.3 is 5.97 Å². The van der Waals surface area contributed by atoms with E-state index in [1.54, 1.807) is 68.1 Å². The van der Waals surface area contributed by atoms with Crippen molar-refractivity contribution < 1.29 is 28.3 Å². The van der Waals surface area contributed by atoms with Gasteiger partial charge in [0.1, 0.15) is 5.60 Å². The van der Waals surface area contributed by atoms with Gasteiger partial charge in [-0.05, 0) is 69.0 Å². The van der Waals surface area contributed by atoms with Gasteiger partial charge in [0.05, 0.1) is 24.1 Å². The highest BCUT2D eigenvalue weighted by molar-refractivity contribution is 5.95. The molecule has 45 heavy (non-hydrogen) atoms. The van der Waals surface area contributed by atoms with Crippen LogP contribution in [-0.2, 0) is 30.3 Å². The zero-order chi connectivity index (χ0) is 32.3. The maximum absolute atomic E-state index is 15.6. The number of Topliss-reactive ketones (excluding diaryl/α,β-unsaturated/α-hetero) is 1. The molecule has 0 unspecified atom stereocenters. The van der Waals surface area contributed by atoms with E-state index in [2.05, 4.69) is 10.3 Å². The van der Waals surface area contributed by atoms with Crippen molar-refractivity contribution in [2.75, 3.05) is 11.9 Å². The number of nitrogens with one attached hydrogen (secondary N) is 2. The lowest BCUT2D eigenvalue weighted by atomic mass is 9.93. The molecule has 1 saturated heterocycles. The summed E-state index contributed by atoms with van der Waals surface area (Å²) < 4.78 is 21.1. The fourth-order valence-electron chi connectivity index (χ4n) is 5.91. The first-order valence-corrected chi connectivity index (χ1v) is 15.2. The first-order valence-electron chi connectivity index (χ1n) is 15.2. The lowest BCUT2D eigenvalue weighted by molar-refractivity contribution is -0.157. The quantitative estimate of drug-likeness (QED) is 0.209. The van der Waals surface area contributed by atoms with Crippen molar-refractivity contribution >= 4 is 40.2 Å². The molecule has 0 aliphatic carbocycles. The van der Waals surface area contributed by atoms with E-state index in [0.717, 1.165) is 0 Å². The molecule has 5 rings (SSSR count). The van der Waals surface area contributed by atoms with Crippen molar-refractivity contribution in [1.29, 1.82) is 0 Å².